The molecule has 0 bridgehead atoms. The number of carboxylic acid groups (broad SMARTS) is 4. The molecule has 0 aliphatic rings. The van der Waals surface area contributed by atoms with Crippen molar-refractivity contribution in [1.82, 2.24) is 0 Å². The van der Waals surface area contributed by atoms with Crippen LogP contribution in [0.2, 0.25) is 0 Å². The van der Waals surface area contributed by atoms with Gasteiger partial charge in [0, 0.05) is 0 Å². The Hall–Kier alpha value is -4.32. The summed E-state index contributed by atoms with van der Waals surface area (Å²) in [6, 6.07) is 8.60. The minimum atomic E-state index is -1.18. The van der Waals surface area contributed by atoms with E-state index in [4.69, 9.17) is 63.8 Å². The third kappa shape index (κ3) is 18.9. The van der Waals surface area contributed by atoms with Gasteiger partial charge in [-0.25, -0.2) is 0 Å². The quantitative estimate of drug-likeness (QED) is 0.140. The van der Waals surface area contributed by atoms with Crippen molar-refractivity contribution in [2.45, 2.75) is 37.0 Å². The molecule has 0 amide bonds. The van der Waals surface area contributed by atoms with Crippen LogP contribution >= 0.6 is 0 Å². The largest absolute Gasteiger partial charge is 0.508 e. The Morgan fingerprint density at radius 1 is 0.500 bits per heavy atom. The van der Waals surface area contributed by atoms with Gasteiger partial charge in [0.15, 0.2) is 0 Å². The van der Waals surface area contributed by atoms with E-state index < -0.39 is 61.3 Å². The van der Waals surface area contributed by atoms with Crippen LogP contribution in [0.4, 0.5) is 0 Å². The number of aliphatic hydroxyl groups excluding tert-OH is 2. The lowest BCUT2D eigenvalue weighted by molar-refractivity contribution is -0.140. The zero-order valence-electron chi connectivity index (χ0n) is 21.3. The van der Waals surface area contributed by atoms with Crippen LogP contribution in [0.3, 0.4) is 0 Å². The number of nitrogens with two attached hydrogens (primary N) is 4. The number of hydrogen-bond donors (Lipinski definition) is 12. The van der Waals surface area contributed by atoms with Crippen LogP contribution in [0.1, 0.15) is 11.1 Å². The average Bonchev–Trinajstić information content (AvgIpc) is 2.91. The lowest BCUT2D eigenvalue weighted by atomic mass is 10.1. The normalized spacial score (nSPS) is 12.8. The molecule has 4 unspecified atom stereocenters. The molecule has 0 aliphatic heterocycles. The van der Waals surface area contributed by atoms with Gasteiger partial charge in [0.1, 0.15) is 35.7 Å². The first-order chi connectivity index (χ1) is 18.5. The van der Waals surface area contributed by atoms with Crippen LogP contribution in [-0.2, 0) is 32.0 Å². The second kappa shape index (κ2) is 20.6. The summed E-state index contributed by atoms with van der Waals surface area (Å²) in [5, 5.41) is 66.7. The highest BCUT2D eigenvalue weighted by Gasteiger charge is 2.12. The molecule has 0 aliphatic carbocycles. The Morgan fingerprint density at radius 2 is 0.725 bits per heavy atom. The molecular weight excluding hydrogens is 536 g/mol. The van der Waals surface area contributed by atoms with E-state index in [9.17, 15) is 19.2 Å². The maximum atomic E-state index is 10.4. The molecule has 0 saturated heterocycles. The molecule has 4 atom stereocenters. The van der Waals surface area contributed by atoms with Gasteiger partial charge in [0.2, 0.25) is 0 Å². The van der Waals surface area contributed by atoms with Gasteiger partial charge >= 0.3 is 23.9 Å². The average molecular weight is 573 g/mol. The third-order valence-electron chi connectivity index (χ3n) is 4.45. The Labute approximate surface area is 228 Å². The number of aliphatic carboxylic acids is 4. The molecule has 40 heavy (non-hydrogen) atoms. The molecule has 0 radical (unpaired) electrons. The molecule has 224 valence electrons. The molecular formula is C24H36N4O12. The van der Waals surface area contributed by atoms with Crippen LogP contribution in [0.25, 0.3) is 0 Å². The van der Waals surface area contributed by atoms with Crippen molar-refractivity contribution >= 4 is 23.9 Å². The minimum absolute atomic E-state index is 0.160. The number of hydrogen-bond acceptors (Lipinski definition) is 12. The van der Waals surface area contributed by atoms with Crippen LogP contribution in [-0.4, -0.2) is 102 Å². The molecule has 0 spiro atoms. The Kier molecular flexibility index (Phi) is 19.5. The number of carboxylic acids is 4. The van der Waals surface area contributed by atoms with Gasteiger partial charge in [0.25, 0.3) is 0 Å². The smallest absolute Gasteiger partial charge is 0.322 e. The van der Waals surface area contributed by atoms with Gasteiger partial charge in [-0.05, 0) is 48.2 Å². The molecule has 0 fully saturated rings. The van der Waals surface area contributed by atoms with Crippen molar-refractivity contribution in [3.8, 4) is 11.5 Å². The van der Waals surface area contributed by atoms with Crippen LogP contribution in [0, 0.1) is 0 Å². The Balaban J connectivity index is 0. The highest BCUT2D eigenvalue weighted by molar-refractivity contribution is 5.74. The molecule has 0 saturated carbocycles. The molecule has 16 nitrogen and oxygen atoms in total. The van der Waals surface area contributed by atoms with E-state index in [1.807, 2.05) is 0 Å². The lowest BCUT2D eigenvalue weighted by Gasteiger charge is -2.05. The lowest BCUT2D eigenvalue weighted by Crippen LogP contribution is -2.33. The van der Waals surface area contributed by atoms with Crippen molar-refractivity contribution in [2.75, 3.05) is 13.2 Å². The molecule has 2 aromatic rings. The summed E-state index contributed by atoms with van der Waals surface area (Å²) in [6.45, 7) is -1.01. The van der Waals surface area contributed by atoms with E-state index in [-0.39, 0.29) is 24.3 Å². The standard InChI is InChI=1S/2C9H11NO3.2C3H7NO3/c2*10-8(9(12)13)5-6-1-3-7(11)4-2-6;2*4-2(1-5)3(6)7/h2*1-4,8,11H,5,10H2,(H,12,13);2*2,5H,1,4H2,(H,6,7). The molecule has 0 aromatic heterocycles. The number of benzene rings is 2. The minimum Gasteiger partial charge on any atom is -0.508 e. The van der Waals surface area contributed by atoms with E-state index in [1.54, 1.807) is 24.3 Å². The maximum absolute atomic E-state index is 10.4. The number of rotatable bonds is 10. The molecule has 16 heteroatoms. The fourth-order valence-electron chi connectivity index (χ4n) is 2.10. The molecule has 0 heterocycles. The number of carbonyl (C=O) groups is 4. The molecule has 16 N–H and O–H groups in total. The van der Waals surface area contributed by atoms with Crippen molar-refractivity contribution < 1.29 is 60.0 Å². The number of aliphatic hydroxyl groups is 2. The summed E-state index contributed by atoms with van der Waals surface area (Å²) < 4.78 is 0. The van der Waals surface area contributed by atoms with Gasteiger partial charge in [-0.3, -0.25) is 19.2 Å². The summed E-state index contributed by atoms with van der Waals surface area (Å²) in [6.07, 6.45) is 0.547. The van der Waals surface area contributed by atoms with E-state index in [0.29, 0.717) is 0 Å². The summed E-state index contributed by atoms with van der Waals surface area (Å²) >= 11 is 0. The SMILES string of the molecule is NC(CO)C(=O)O.NC(CO)C(=O)O.NC(Cc1ccc(O)cc1)C(=O)O.NC(Cc1ccc(O)cc1)C(=O)O. The topological polar surface area (TPSA) is 334 Å². The zero-order chi connectivity index (χ0) is 31.4. The van der Waals surface area contributed by atoms with Crippen LogP contribution in [0.5, 0.6) is 11.5 Å². The summed E-state index contributed by atoms with van der Waals surface area (Å²) in [4.78, 5) is 40.1. The van der Waals surface area contributed by atoms with Crippen LogP contribution < -0.4 is 22.9 Å². The zero-order valence-corrected chi connectivity index (χ0v) is 21.3. The predicted octanol–water partition coefficient (Wildman–Crippen LogP) is -2.53. The fraction of sp³-hybridized carbons (Fsp3) is 0.333. The maximum Gasteiger partial charge on any atom is 0.322 e. The second-order valence-electron chi connectivity index (χ2n) is 7.89. The van der Waals surface area contributed by atoms with Crippen molar-refractivity contribution in [1.29, 1.82) is 0 Å². The fourth-order valence-corrected chi connectivity index (χ4v) is 2.10. The van der Waals surface area contributed by atoms with E-state index >= 15 is 0 Å². The molecule has 2 rings (SSSR count). The second-order valence-corrected chi connectivity index (χ2v) is 7.89. The van der Waals surface area contributed by atoms with Gasteiger partial charge in [-0.2, -0.15) is 0 Å². The Morgan fingerprint density at radius 3 is 0.875 bits per heavy atom. The van der Waals surface area contributed by atoms with Gasteiger partial charge in [-0.1, -0.05) is 24.3 Å². The number of aromatic hydroxyl groups is 2. The van der Waals surface area contributed by atoms with Crippen molar-refractivity contribution in [3.05, 3.63) is 59.7 Å². The van der Waals surface area contributed by atoms with Crippen molar-refractivity contribution in [3.63, 3.8) is 0 Å². The predicted molar refractivity (Wildman–Crippen MR) is 140 cm³/mol. The Bertz CT molecular complexity index is 952. The van der Waals surface area contributed by atoms with Gasteiger partial charge < -0.3 is 63.8 Å². The number of phenols is 2. The third-order valence-corrected chi connectivity index (χ3v) is 4.45. The highest BCUT2D eigenvalue weighted by Crippen LogP contribution is 2.11. The van der Waals surface area contributed by atoms with E-state index in [2.05, 4.69) is 0 Å². The summed E-state index contributed by atoms with van der Waals surface area (Å²) in [5.74, 6) is -4.08. The first kappa shape index (κ1) is 37.8. The van der Waals surface area contributed by atoms with E-state index in [0.717, 1.165) is 11.1 Å². The van der Waals surface area contributed by atoms with Gasteiger partial charge in [0.05, 0.1) is 13.2 Å². The highest BCUT2D eigenvalue weighted by atomic mass is 16.4. The summed E-state index contributed by atoms with van der Waals surface area (Å²) in [7, 11) is 0. The first-order valence-electron chi connectivity index (χ1n) is 11.3. The summed E-state index contributed by atoms with van der Waals surface area (Å²) in [5.41, 5.74) is 21.8. The molecule has 2 aromatic carbocycles. The van der Waals surface area contributed by atoms with Crippen LogP contribution in [0.15, 0.2) is 48.5 Å². The monoisotopic (exact) mass is 572 g/mol. The first-order valence-corrected chi connectivity index (χ1v) is 11.3. The number of phenolic OH excluding ortho intramolecular Hbond substituents is 2. The van der Waals surface area contributed by atoms with E-state index in [1.165, 1.54) is 24.3 Å². The van der Waals surface area contributed by atoms with Crippen molar-refractivity contribution in [2.24, 2.45) is 22.9 Å². The van der Waals surface area contributed by atoms with Gasteiger partial charge in [-0.15, -0.1) is 0 Å².